The number of hydrogen-bond acceptors (Lipinski definition) is 6. The lowest BCUT2D eigenvalue weighted by Gasteiger charge is -2.17. The van der Waals surface area contributed by atoms with Crippen molar-refractivity contribution in [2.45, 2.75) is 51.1 Å². The highest BCUT2D eigenvalue weighted by Crippen LogP contribution is 2.37. The van der Waals surface area contributed by atoms with E-state index in [4.69, 9.17) is 4.52 Å². The Morgan fingerprint density at radius 1 is 1.06 bits per heavy atom. The zero-order chi connectivity index (χ0) is 22.8. The van der Waals surface area contributed by atoms with Gasteiger partial charge in [0.25, 0.3) is 5.89 Å². The molecule has 33 heavy (non-hydrogen) atoms. The molecule has 7 heteroatoms. The van der Waals surface area contributed by atoms with Crippen molar-refractivity contribution in [3.63, 3.8) is 0 Å². The first kappa shape index (κ1) is 21.5. The third kappa shape index (κ3) is 4.73. The molecule has 2 aliphatic carbocycles. The van der Waals surface area contributed by atoms with Crippen molar-refractivity contribution < 1.29 is 19.2 Å². The van der Waals surface area contributed by atoms with E-state index in [1.165, 1.54) is 18.4 Å². The summed E-state index contributed by atoms with van der Waals surface area (Å²) in [5.74, 6) is 0.878. The Balaban J connectivity index is 1.18. The molecule has 2 saturated carbocycles. The third-order valence-electron chi connectivity index (χ3n) is 6.86. The number of aliphatic carboxylic acids is 1. The normalized spacial score (nSPS) is 22.4. The van der Waals surface area contributed by atoms with Gasteiger partial charge in [0, 0.05) is 23.7 Å². The van der Waals surface area contributed by atoms with Crippen LogP contribution >= 0.6 is 0 Å². The van der Waals surface area contributed by atoms with Crippen LogP contribution in [0.1, 0.15) is 43.2 Å². The minimum atomic E-state index is -1.24. The Labute approximate surface area is 192 Å². The maximum Gasteiger partial charge on any atom is 0.316 e. The van der Waals surface area contributed by atoms with E-state index in [1.54, 1.807) is 0 Å². The predicted octanol–water partition coefficient (Wildman–Crippen LogP) is 4.27. The first-order valence-electron chi connectivity index (χ1n) is 11.5. The second-order valence-electron chi connectivity index (χ2n) is 9.36. The van der Waals surface area contributed by atoms with Crippen LogP contribution in [0.4, 0.5) is 0 Å². The molecule has 0 radical (unpaired) electrons. The van der Waals surface area contributed by atoms with E-state index in [-0.39, 0.29) is 6.04 Å². The summed E-state index contributed by atoms with van der Waals surface area (Å²) in [5.41, 5.74) is 2.95. The number of benzene rings is 2. The Hall–Kier alpha value is -3.32. The summed E-state index contributed by atoms with van der Waals surface area (Å²) in [6.45, 7) is 0.601. The molecule has 0 spiro atoms. The molecule has 0 amide bonds. The van der Waals surface area contributed by atoms with Gasteiger partial charge >= 0.3 is 5.97 Å². The van der Waals surface area contributed by atoms with E-state index in [2.05, 4.69) is 27.6 Å². The molecule has 2 unspecified atom stereocenters. The van der Waals surface area contributed by atoms with E-state index in [9.17, 15) is 14.7 Å². The molecular weight excluding hydrogens is 418 g/mol. The first-order valence-corrected chi connectivity index (χ1v) is 11.5. The highest BCUT2D eigenvalue weighted by Gasteiger charge is 2.45. The van der Waals surface area contributed by atoms with Crippen LogP contribution in [0, 0.1) is 11.3 Å². The highest BCUT2D eigenvalue weighted by atomic mass is 16.5. The van der Waals surface area contributed by atoms with Crippen molar-refractivity contribution in [1.82, 2.24) is 15.5 Å². The SMILES string of the molecule is O=CC1(C(=O)O)CCC(NCc2ccc(-c3noc(-c4ccc(CC5CC5)cc4)n3)cc2)C1. The molecule has 5 rings (SSSR count). The topological polar surface area (TPSA) is 105 Å². The fourth-order valence-corrected chi connectivity index (χ4v) is 4.53. The highest BCUT2D eigenvalue weighted by molar-refractivity contribution is 5.92. The Kier molecular flexibility index (Phi) is 5.81. The summed E-state index contributed by atoms with van der Waals surface area (Å²) < 4.78 is 5.48. The second kappa shape index (κ2) is 8.90. The number of nitrogens with one attached hydrogen (secondary N) is 1. The van der Waals surface area contributed by atoms with Crippen LogP contribution in [0.15, 0.2) is 53.1 Å². The smallest absolute Gasteiger partial charge is 0.316 e. The number of aldehydes is 1. The molecular formula is C26H27N3O4. The molecule has 3 aromatic rings. The average Bonchev–Trinajstić information content (AvgIpc) is 3.34. The summed E-state index contributed by atoms with van der Waals surface area (Å²) in [6, 6.07) is 16.2. The van der Waals surface area contributed by atoms with E-state index >= 15 is 0 Å². The molecule has 2 N–H and O–H groups in total. The molecule has 170 valence electrons. The lowest BCUT2D eigenvalue weighted by Crippen LogP contribution is -2.33. The minimum Gasteiger partial charge on any atom is -0.481 e. The molecule has 0 saturated heterocycles. The number of nitrogens with zero attached hydrogens (tertiary/aromatic N) is 2. The second-order valence-corrected chi connectivity index (χ2v) is 9.36. The maximum atomic E-state index is 11.4. The number of rotatable bonds is 9. The Morgan fingerprint density at radius 3 is 2.39 bits per heavy atom. The fraction of sp³-hybridized carbons (Fsp3) is 0.385. The molecule has 0 aliphatic heterocycles. The monoisotopic (exact) mass is 445 g/mol. The molecule has 7 nitrogen and oxygen atoms in total. The molecule has 2 atom stereocenters. The van der Waals surface area contributed by atoms with Gasteiger partial charge in [0.05, 0.1) is 0 Å². The van der Waals surface area contributed by atoms with Crippen molar-refractivity contribution >= 4 is 12.3 Å². The predicted molar refractivity (Wildman–Crippen MR) is 122 cm³/mol. The fourth-order valence-electron chi connectivity index (χ4n) is 4.53. The van der Waals surface area contributed by atoms with Crippen molar-refractivity contribution in [2.75, 3.05) is 0 Å². The molecule has 1 heterocycles. The van der Waals surface area contributed by atoms with Crippen LogP contribution in [0.25, 0.3) is 22.8 Å². The Morgan fingerprint density at radius 2 is 1.76 bits per heavy atom. The zero-order valence-corrected chi connectivity index (χ0v) is 18.4. The van der Waals surface area contributed by atoms with E-state index < -0.39 is 11.4 Å². The Bertz CT molecular complexity index is 1140. The molecule has 2 aromatic carbocycles. The van der Waals surface area contributed by atoms with Crippen molar-refractivity contribution in [3.8, 4) is 22.8 Å². The van der Waals surface area contributed by atoms with Gasteiger partial charge in [-0.15, -0.1) is 0 Å². The van der Waals surface area contributed by atoms with Gasteiger partial charge in [-0.25, -0.2) is 0 Å². The average molecular weight is 446 g/mol. The summed E-state index contributed by atoms with van der Waals surface area (Å²) in [7, 11) is 0. The van der Waals surface area contributed by atoms with Crippen LogP contribution in [-0.2, 0) is 22.6 Å². The van der Waals surface area contributed by atoms with Crippen molar-refractivity contribution in [1.29, 1.82) is 0 Å². The number of hydrogen-bond donors (Lipinski definition) is 2. The summed E-state index contributed by atoms with van der Waals surface area (Å²) in [6.07, 6.45) is 5.81. The number of carboxylic acids is 1. The van der Waals surface area contributed by atoms with Gasteiger partial charge in [-0.05, 0) is 67.7 Å². The number of carbonyl (C=O) groups excluding carboxylic acids is 1. The van der Waals surface area contributed by atoms with Gasteiger partial charge in [0.2, 0.25) is 5.82 Å². The number of aromatic nitrogens is 2. The van der Waals surface area contributed by atoms with Gasteiger partial charge in [-0.1, -0.05) is 41.6 Å². The molecule has 2 fully saturated rings. The zero-order valence-electron chi connectivity index (χ0n) is 18.4. The van der Waals surface area contributed by atoms with Crippen LogP contribution in [-0.4, -0.2) is 33.5 Å². The molecule has 1 aromatic heterocycles. The first-order chi connectivity index (χ1) is 16.0. The van der Waals surface area contributed by atoms with Crippen LogP contribution in [0.2, 0.25) is 0 Å². The van der Waals surface area contributed by atoms with Crippen LogP contribution in [0.3, 0.4) is 0 Å². The quantitative estimate of drug-likeness (QED) is 0.374. The van der Waals surface area contributed by atoms with Crippen LogP contribution < -0.4 is 5.32 Å². The molecule has 2 aliphatic rings. The van der Waals surface area contributed by atoms with Gasteiger partial charge in [0.15, 0.2) is 0 Å². The largest absolute Gasteiger partial charge is 0.481 e. The van der Waals surface area contributed by atoms with Crippen molar-refractivity contribution in [2.24, 2.45) is 11.3 Å². The summed E-state index contributed by atoms with van der Waals surface area (Å²) in [5, 5.41) is 16.9. The standard InChI is InChI=1S/C26H27N3O4/c30-16-26(25(31)32)12-11-22(14-26)27-15-19-5-7-20(8-6-19)23-28-24(33-29-23)21-9-3-18(4-10-21)13-17-1-2-17/h3-10,16-17,22,27H,1-2,11-15H2,(H,31,32). The number of carboxylic acid groups (broad SMARTS) is 1. The van der Waals surface area contributed by atoms with Gasteiger partial charge < -0.3 is 19.7 Å². The van der Waals surface area contributed by atoms with Crippen LogP contribution in [0.5, 0.6) is 0 Å². The van der Waals surface area contributed by atoms with E-state index in [1.807, 2.05) is 36.4 Å². The maximum absolute atomic E-state index is 11.4. The summed E-state index contributed by atoms with van der Waals surface area (Å²) in [4.78, 5) is 27.2. The van der Waals surface area contributed by atoms with Gasteiger partial charge in [0.1, 0.15) is 11.7 Å². The van der Waals surface area contributed by atoms with Gasteiger partial charge in [-0.2, -0.15) is 4.98 Å². The van der Waals surface area contributed by atoms with E-state index in [0.29, 0.717) is 43.8 Å². The van der Waals surface area contributed by atoms with E-state index in [0.717, 1.165) is 29.0 Å². The third-order valence-corrected chi connectivity index (χ3v) is 6.86. The molecule has 0 bridgehead atoms. The lowest BCUT2D eigenvalue weighted by molar-refractivity contribution is -0.150. The summed E-state index contributed by atoms with van der Waals surface area (Å²) >= 11 is 0. The number of carbonyl (C=O) groups is 2. The van der Waals surface area contributed by atoms with Crippen molar-refractivity contribution in [3.05, 3.63) is 59.7 Å². The lowest BCUT2D eigenvalue weighted by atomic mass is 9.88. The minimum absolute atomic E-state index is 0.0152. The van der Waals surface area contributed by atoms with Gasteiger partial charge in [-0.3, -0.25) is 4.79 Å².